The highest BCUT2D eigenvalue weighted by Crippen LogP contribution is 2.33. The summed E-state index contributed by atoms with van der Waals surface area (Å²) in [4.78, 5) is 26.2. The van der Waals surface area contributed by atoms with Crippen molar-refractivity contribution < 1.29 is 13.9 Å². The fourth-order valence-corrected chi connectivity index (χ4v) is 4.39. The second-order valence-corrected chi connectivity index (χ2v) is 8.51. The normalized spacial score (nSPS) is 10.6. The van der Waals surface area contributed by atoms with Crippen LogP contribution >= 0.6 is 27.7 Å². The van der Waals surface area contributed by atoms with Crippen molar-refractivity contribution in [3.05, 3.63) is 104 Å². The van der Waals surface area contributed by atoms with Gasteiger partial charge in [0.1, 0.15) is 18.3 Å². The number of nitrogens with zero attached hydrogens (tertiary/aromatic N) is 1. The SMILES string of the molecule is N#Cc1ccccc1Sc1ccccc1C(=O)OCc1cc(=O)oc2cc(Br)ccc12. The fourth-order valence-electron chi connectivity index (χ4n) is 3.03. The number of halogens is 1. The van der Waals surface area contributed by atoms with Crippen LogP contribution in [0.2, 0.25) is 0 Å². The maximum absolute atomic E-state index is 12.8. The lowest BCUT2D eigenvalue weighted by Gasteiger charge is -2.11. The van der Waals surface area contributed by atoms with Gasteiger partial charge in [0.05, 0.1) is 11.1 Å². The zero-order valence-corrected chi connectivity index (χ0v) is 18.4. The molecule has 0 N–H and O–H groups in total. The second-order valence-electron chi connectivity index (χ2n) is 6.51. The topological polar surface area (TPSA) is 80.3 Å². The summed E-state index contributed by atoms with van der Waals surface area (Å²) in [6, 6.07) is 23.1. The van der Waals surface area contributed by atoms with Gasteiger partial charge >= 0.3 is 11.6 Å². The van der Waals surface area contributed by atoms with Gasteiger partial charge in [-0.15, -0.1) is 0 Å². The summed E-state index contributed by atoms with van der Waals surface area (Å²) in [6.07, 6.45) is 0. The monoisotopic (exact) mass is 491 g/mol. The van der Waals surface area contributed by atoms with E-state index in [1.54, 1.807) is 42.5 Å². The average molecular weight is 492 g/mol. The van der Waals surface area contributed by atoms with Gasteiger partial charge in [-0.3, -0.25) is 0 Å². The first kappa shape index (κ1) is 20.9. The molecule has 1 aromatic heterocycles. The third kappa shape index (κ3) is 4.71. The van der Waals surface area contributed by atoms with Gasteiger partial charge in [-0.25, -0.2) is 9.59 Å². The first-order valence-electron chi connectivity index (χ1n) is 9.20. The minimum absolute atomic E-state index is 0.0731. The number of hydrogen-bond acceptors (Lipinski definition) is 6. The van der Waals surface area contributed by atoms with Crippen LogP contribution in [-0.4, -0.2) is 5.97 Å². The molecule has 3 aromatic carbocycles. The number of nitriles is 1. The number of rotatable bonds is 5. The van der Waals surface area contributed by atoms with Crippen molar-refractivity contribution in [2.45, 2.75) is 16.4 Å². The van der Waals surface area contributed by atoms with E-state index in [1.165, 1.54) is 17.8 Å². The number of hydrogen-bond donors (Lipinski definition) is 0. The standard InChI is InChI=1S/C24H14BrNO4S/c25-17-9-10-18-16(11-23(27)30-20(18)12-17)14-29-24(28)19-6-2-4-8-22(19)31-21-7-3-1-5-15(21)13-26/h1-12H,14H2. The van der Waals surface area contributed by atoms with Gasteiger partial charge in [-0.05, 0) is 42.5 Å². The average Bonchev–Trinajstić information content (AvgIpc) is 2.77. The molecule has 0 atom stereocenters. The van der Waals surface area contributed by atoms with Crippen molar-refractivity contribution in [2.24, 2.45) is 0 Å². The van der Waals surface area contributed by atoms with Gasteiger partial charge in [0.15, 0.2) is 0 Å². The van der Waals surface area contributed by atoms with Gasteiger partial charge in [-0.1, -0.05) is 52.0 Å². The first-order valence-corrected chi connectivity index (χ1v) is 10.8. The Hall–Kier alpha value is -3.34. The van der Waals surface area contributed by atoms with Crippen molar-refractivity contribution in [1.82, 2.24) is 0 Å². The smallest absolute Gasteiger partial charge is 0.339 e. The van der Waals surface area contributed by atoms with Crippen LogP contribution in [0.4, 0.5) is 0 Å². The largest absolute Gasteiger partial charge is 0.457 e. The minimum atomic E-state index is -0.518. The molecule has 0 aliphatic heterocycles. The van der Waals surface area contributed by atoms with Gasteiger partial charge in [0, 0.05) is 31.3 Å². The molecule has 0 aliphatic rings. The van der Waals surface area contributed by atoms with Crippen LogP contribution < -0.4 is 5.63 Å². The van der Waals surface area contributed by atoms with E-state index >= 15 is 0 Å². The Morgan fingerprint density at radius 2 is 1.77 bits per heavy atom. The molecule has 0 saturated carbocycles. The molecule has 0 unspecified atom stereocenters. The Bertz CT molecular complexity index is 1390. The molecule has 4 aromatic rings. The van der Waals surface area contributed by atoms with E-state index in [-0.39, 0.29) is 6.61 Å². The highest BCUT2D eigenvalue weighted by molar-refractivity contribution is 9.10. The molecule has 0 fully saturated rings. The maximum atomic E-state index is 12.8. The summed E-state index contributed by atoms with van der Waals surface area (Å²) in [5, 5.41) is 10.0. The summed E-state index contributed by atoms with van der Waals surface area (Å²) < 4.78 is 11.5. The lowest BCUT2D eigenvalue weighted by atomic mass is 10.1. The molecule has 0 radical (unpaired) electrons. The lowest BCUT2D eigenvalue weighted by molar-refractivity contribution is 0.0469. The Labute approximate surface area is 190 Å². The van der Waals surface area contributed by atoms with Crippen molar-refractivity contribution >= 4 is 44.6 Å². The van der Waals surface area contributed by atoms with Gasteiger partial charge < -0.3 is 9.15 Å². The molecule has 0 amide bonds. The molecule has 0 spiro atoms. The van der Waals surface area contributed by atoms with Crippen LogP contribution in [-0.2, 0) is 11.3 Å². The van der Waals surface area contributed by atoms with E-state index in [2.05, 4.69) is 22.0 Å². The predicted octanol–water partition coefficient (Wildman–Crippen LogP) is 5.94. The molecule has 5 nitrogen and oxygen atoms in total. The molecule has 1 heterocycles. The van der Waals surface area contributed by atoms with Crippen LogP contribution in [0.1, 0.15) is 21.5 Å². The molecule has 7 heteroatoms. The molecule has 31 heavy (non-hydrogen) atoms. The second kappa shape index (κ2) is 9.21. The zero-order chi connectivity index (χ0) is 21.8. The van der Waals surface area contributed by atoms with Crippen LogP contribution in [0.15, 0.2) is 96.3 Å². The van der Waals surface area contributed by atoms with E-state index in [9.17, 15) is 14.9 Å². The third-order valence-corrected chi connectivity index (χ3v) is 6.13. The molecule has 4 rings (SSSR count). The fraction of sp³-hybridized carbons (Fsp3) is 0.0417. The summed E-state index contributed by atoms with van der Waals surface area (Å²) in [6.45, 7) is -0.0731. The van der Waals surface area contributed by atoms with Crippen molar-refractivity contribution in [3.8, 4) is 6.07 Å². The van der Waals surface area contributed by atoms with E-state index in [1.807, 2.05) is 24.3 Å². The lowest BCUT2D eigenvalue weighted by Crippen LogP contribution is -2.09. The van der Waals surface area contributed by atoms with Crippen molar-refractivity contribution in [1.29, 1.82) is 5.26 Å². The van der Waals surface area contributed by atoms with E-state index in [4.69, 9.17) is 9.15 Å². The number of benzene rings is 3. The number of carbonyl (C=O) groups excluding carboxylic acids is 1. The molecule has 0 bridgehead atoms. The highest BCUT2D eigenvalue weighted by Gasteiger charge is 2.16. The van der Waals surface area contributed by atoms with Crippen LogP contribution in [0.5, 0.6) is 0 Å². The number of carbonyl (C=O) groups is 1. The Morgan fingerprint density at radius 1 is 1.03 bits per heavy atom. The van der Waals surface area contributed by atoms with Crippen molar-refractivity contribution in [3.63, 3.8) is 0 Å². The number of fused-ring (bicyclic) bond motifs is 1. The zero-order valence-electron chi connectivity index (χ0n) is 16.0. The Kier molecular flexibility index (Phi) is 6.21. The first-order chi connectivity index (χ1) is 15.0. The molecule has 0 aliphatic carbocycles. The van der Waals surface area contributed by atoms with Crippen LogP contribution in [0, 0.1) is 11.3 Å². The van der Waals surface area contributed by atoms with Crippen molar-refractivity contribution in [2.75, 3.05) is 0 Å². The number of esters is 1. The van der Waals surface area contributed by atoms with E-state index < -0.39 is 11.6 Å². The van der Waals surface area contributed by atoms with Gasteiger partial charge in [0.25, 0.3) is 0 Å². The Morgan fingerprint density at radius 3 is 2.58 bits per heavy atom. The number of ether oxygens (including phenoxy) is 1. The summed E-state index contributed by atoms with van der Waals surface area (Å²) in [5.41, 5.74) is 1.38. The van der Waals surface area contributed by atoms with Gasteiger partial charge in [-0.2, -0.15) is 5.26 Å². The molecular weight excluding hydrogens is 478 g/mol. The van der Waals surface area contributed by atoms with Crippen LogP contribution in [0.3, 0.4) is 0 Å². The predicted molar refractivity (Wildman–Crippen MR) is 121 cm³/mol. The summed E-state index contributed by atoms with van der Waals surface area (Å²) in [7, 11) is 0. The minimum Gasteiger partial charge on any atom is -0.457 e. The molecule has 152 valence electrons. The summed E-state index contributed by atoms with van der Waals surface area (Å²) in [5.74, 6) is -0.518. The third-order valence-electron chi connectivity index (χ3n) is 4.49. The molecule has 0 saturated heterocycles. The highest BCUT2D eigenvalue weighted by atomic mass is 79.9. The van der Waals surface area contributed by atoms with E-state index in [0.29, 0.717) is 32.6 Å². The molecular formula is C24H14BrNO4S. The summed E-state index contributed by atoms with van der Waals surface area (Å²) >= 11 is 4.68. The maximum Gasteiger partial charge on any atom is 0.339 e. The quantitative estimate of drug-likeness (QED) is 0.254. The van der Waals surface area contributed by atoms with E-state index in [0.717, 1.165) is 9.37 Å². The van der Waals surface area contributed by atoms with Crippen LogP contribution in [0.25, 0.3) is 11.0 Å². The van der Waals surface area contributed by atoms with Gasteiger partial charge in [0.2, 0.25) is 0 Å². The Balaban J connectivity index is 1.59.